The van der Waals surface area contributed by atoms with Gasteiger partial charge < -0.3 is 21.2 Å². The molecular weight excluding hydrogens is 322 g/mol. The molecule has 1 unspecified atom stereocenters. The number of hydrogen-bond acceptors (Lipinski definition) is 3. The van der Waals surface area contributed by atoms with Gasteiger partial charge in [-0.3, -0.25) is 4.79 Å². The molecule has 0 aliphatic carbocycles. The number of nitrogens with one attached hydrogen (secondary N) is 2. The van der Waals surface area contributed by atoms with E-state index in [2.05, 4.69) is 50.2 Å². The van der Waals surface area contributed by atoms with Crippen LogP contribution >= 0.6 is 12.2 Å². The van der Waals surface area contributed by atoms with Gasteiger partial charge in [-0.15, -0.1) is 6.58 Å². The Bertz CT molecular complexity index is 360. The molecule has 0 aliphatic rings. The summed E-state index contributed by atoms with van der Waals surface area (Å²) < 4.78 is 0. The van der Waals surface area contributed by atoms with Gasteiger partial charge in [-0.25, -0.2) is 0 Å². The summed E-state index contributed by atoms with van der Waals surface area (Å²) in [5.41, 5.74) is 5.27. The van der Waals surface area contributed by atoms with E-state index in [0.717, 1.165) is 19.1 Å². The van der Waals surface area contributed by atoms with Gasteiger partial charge in [0.15, 0.2) is 5.11 Å². The molecule has 0 bridgehead atoms. The summed E-state index contributed by atoms with van der Waals surface area (Å²) in [7, 11) is 0. The second-order valence-corrected chi connectivity index (χ2v) is 6.55. The molecule has 24 heavy (non-hydrogen) atoms. The van der Waals surface area contributed by atoms with Crippen LogP contribution < -0.4 is 16.4 Å². The Kier molecular flexibility index (Phi) is 18.5. The number of carbonyl (C=O) groups excluding carboxylic acids is 2. The summed E-state index contributed by atoms with van der Waals surface area (Å²) in [6.45, 7) is 10.5. The first-order valence-corrected chi connectivity index (χ1v) is 9.16. The number of rotatable bonds is 12. The monoisotopic (exact) mass is 357 g/mol. The third-order valence-corrected chi connectivity index (χ3v) is 3.36. The van der Waals surface area contributed by atoms with Gasteiger partial charge in [0.2, 0.25) is 5.91 Å². The fourth-order valence-electron chi connectivity index (χ4n) is 1.75. The summed E-state index contributed by atoms with van der Waals surface area (Å²) >= 11 is 4.66. The van der Waals surface area contributed by atoms with E-state index >= 15 is 0 Å². The molecule has 0 aromatic carbocycles. The second kappa shape index (κ2) is 17.9. The van der Waals surface area contributed by atoms with Gasteiger partial charge in [-0.1, -0.05) is 39.7 Å². The Balaban J connectivity index is 0. The molecule has 0 radical (unpaired) electrons. The molecule has 0 heterocycles. The Hall–Kier alpha value is -1.43. The first-order valence-electron chi connectivity index (χ1n) is 8.76. The lowest BCUT2D eigenvalue weighted by molar-refractivity contribution is -0.124. The van der Waals surface area contributed by atoms with Crippen molar-refractivity contribution in [3.63, 3.8) is 0 Å². The van der Waals surface area contributed by atoms with Crippen molar-refractivity contribution in [1.82, 2.24) is 10.6 Å². The highest BCUT2D eigenvalue weighted by molar-refractivity contribution is 7.80. The topological polar surface area (TPSA) is 84.2 Å². The average Bonchev–Trinajstić information content (AvgIpc) is 2.54. The van der Waals surface area contributed by atoms with E-state index in [0.29, 0.717) is 25.3 Å². The Morgan fingerprint density at radius 2 is 1.96 bits per heavy atom. The molecule has 140 valence electrons. The average molecular weight is 358 g/mol. The molecule has 1 amide bonds. The van der Waals surface area contributed by atoms with Crippen LogP contribution in [0.1, 0.15) is 65.7 Å². The zero-order chi connectivity index (χ0) is 18.8. The van der Waals surface area contributed by atoms with Gasteiger partial charge in [-0.2, -0.15) is 0 Å². The van der Waals surface area contributed by atoms with E-state index in [1.54, 1.807) is 0 Å². The van der Waals surface area contributed by atoms with Gasteiger partial charge in [0, 0.05) is 13.0 Å². The van der Waals surface area contributed by atoms with E-state index in [1.807, 2.05) is 6.08 Å². The fraction of sp³-hybridized carbons (Fsp3) is 0.722. The molecule has 0 aliphatic heterocycles. The number of amides is 1. The Morgan fingerprint density at radius 3 is 2.38 bits per heavy atom. The van der Waals surface area contributed by atoms with Crippen LogP contribution in [0.15, 0.2) is 12.7 Å². The first-order chi connectivity index (χ1) is 11.4. The van der Waals surface area contributed by atoms with E-state index < -0.39 is 6.04 Å². The summed E-state index contributed by atoms with van der Waals surface area (Å²) in [6.07, 6.45) is 9.11. The molecular formula is C18H35N3O2S. The minimum absolute atomic E-state index is 0.0666. The minimum Gasteiger partial charge on any atom is -0.376 e. The quantitative estimate of drug-likeness (QED) is 0.216. The predicted molar refractivity (Wildman–Crippen MR) is 106 cm³/mol. The van der Waals surface area contributed by atoms with Crippen LogP contribution in [0.2, 0.25) is 0 Å². The van der Waals surface area contributed by atoms with Gasteiger partial charge in [0.1, 0.15) is 6.29 Å². The number of thiocarbonyl (C=S) groups is 1. The zero-order valence-corrected chi connectivity index (χ0v) is 16.3. The first kappa shape index (κ1) is 24.8. The van der Waals surface area contributed by atoms with Gasteiger partial charge in [0.25, 0.3) is 0 Å². The predicted octanol–water partition coefficient (Wildman–Crippen LogP) is 3.08. The standard InChI is InChI=1S/C12H23N3O2S.C6H12/c1-9(2)5-6-11(17)15-10(8-16)4-3-7-14-12(13)18;1-3-5-6-4-2/h8-10H,3-7H2,1-2H3,(H,15,17)(H3,13,14,18);3H,1,4-6H2,2H3. The van der Waals surface area contributed by atoms with E-state index in [1.165, 1.54) is 19.3 Å². The number of nitrogens with two attached hydrogens (primary N) is 1. The molecule has 0 saturated heterocycles. The van der Waals surface area contributed by atoms with Crippen molar-refractivity contribution < 1.29 is 9.59 Å². The molecule has 0 spiro atoms. The van der Waals surface area contributed by atoms with Crippen LogP contribution in [0.25, 0.3) is 0 Å². The lowest BCUT2D eigenvalue weighted by atomic mass is 10.1. The number of carbonyl (C=O) groups is 2. The maximum Gasteiger partial charge on any atom is 0.220 e. The molecule has 0 aromatic heterocycles. The fourth-order valence-corrected chi connectivity index (χ4v) is 1.86. The molecule has 0 fully saturated rings. The summed E-state index contributed by atoms with van der Waals surface area (Å²) in [6, 6.07) is -0.419. The lowest BCUT2D eigenvalue weighted by Gasteiger charge is -2.13. The summed E-state index contributed by atoms with van der Waals surface area (Å²) in [5.74, 6) is 0.420. The van der Waals surface area contributed by atoms with Crippen molar-refractivity contribution in [2.45, 2.75) is 71.8 Å². The largest absolute Gasteiger partial charge is 0.376 e. The minimum atomic E-state index is -0.419. The maximum absolute atomic E-state index is 11.5. The van der Waals surface area contributed by atoms with Crippen LogP contribution in [-0.2, 0) is 9.59 Å². The lowest BCUT2D eigenvalue weighted by Crippen LogP contribution is -2.37. The Morgan fingerprint density at radius 1 is 1.29 bits per heavy atom. The zero-order valence-electron chi connectivity index (χ0n) is 15.5. The normalized spacial score (nSPS) is 11.0. The highest BCUT2D eigenvalue weighted by Crippen LogP contribution is 2.03. The van der Waals surface area contributed by atoms with E-state index in [-0.39, 0.29) is 11.0 Å². The van der Waals surface area contributed by atoms with Crippen molar-refractivity contribution in [1.29, 1.82) is 0 Å². The maximum atomic E-state index is 11.5. The van der Waals surface area contributed by atoms with Crippen LogP contribution in [0, 0.1) is 5.92 Å². The summed E-state index contributed by atoms with van der Waals surface area (Å²) in [4.78, 5) is 22.4. The van der Waals surface area contributed by atoms with Crippen molar-refractivity contribution in [2.75, 3.05) is 6.54 Å². The van der Waals surface area contributed by atoms with Crippen molar-refractivity contribution >= 4 is 29.5 Å². The summed E-state index contributed by atoms with van der Waals surface area (Å²) in [5, 5.41) is 5.76. The van der Waals surface area contributed by atoms with Crippen molar-refractivity contribution in [3.8, 4) is 0 Å². The highest BCUT2D eigenvalue weighted by atomic mass is 32.1. The van der Waals surface area contributed by atoms with E-state index in [9.17, 15) is 9.59 Å². The molecule has 0 rings (SSSR count). The third-order valence-electron chi connectivity index (χ3n) is 3.21. The highest BCUT2D eigenvalue weighted by Gasteiger charge is 2.11. The van der Waals surface area contributed by atoms with Crippen molar-refractivity contribution in [3.05, 3.63) is 12.7 Å². The molecule has 0 aromatic rings. The Labute approximate surface area is 152 Å². The number of hydrogen-bond donors (Lipinski definition) is 3. The van der Waals surface area contributed by atoms with E-state index in [4.69, 9.17) is 5.73 Å². The number of allylic oxidation sites excluding steroid dienone is 1. The number of unbranched alkanes of at least 4 members (excludes halogenated alkanes) is 2. The van der Waals surface area contributed by atoms with Gasteiger partial charge in [-0.05, 0) is 43.8 Å². The van der Waals surface area contributed by atoms with Crippen LogP contribution in [-0.4, -0.2) is 29.9 Å². The smallest absolute Gasteiger partial charge is 0.220 e. The third kappa shape index (κ3) is 20.6. The van der Waals surface area contributed by atoms with Crippen molar-refractivity contribution in [2.24, 2.45) is 11.7 Å². The van der Waals surface area contributed by atoms with Crippen LogP contribution in [0.3, 0.4) is 0 Å². The molecule has 0 saturated carbocycles. The SMILES string of the molecule is C=CCCCC.CC(C)CCC(=O)NC(C=O)CCCNC(N)=S. The van der Waals surface area contributed by atoms with Gasteiger partial charge in [0.05, 0.1) is 6.04 Å². The molecule has 5 nitrogen and oxygen atoms in total. The van der Waals surface area contributed by atoms with Gasteiger partial charge >= 0.3 is 0 Å². The molecule has 6 heteroatoms. The second-order valence-electron chi connectivity index (χ2n) is 6.11. The molecule has 1 atom stereocenters. The van der Waals surface area contributed by atoms with Crippen LogP contribution in [0.5, 0.6) is 0 Å². The molecule has 4 N–H and O–H groups in total. The van der Waals surface area contributed by atoms with Crippen LogP contribution in [0.4, 0.5) is 0 Å². The number of aldehydes is 1.